The first-order chi connectivity index (χ1) is 12.6. The Bertz CT molecular complexity index is 909. The van der Waals surface area contributed by atoms with Crippen molar-refractivity contribution in [3.05, 3.63) is 53.9 Å². The van der Waals surface area contributed by atoms with E-state index in [0.717, 1.165) is 5.56 Å². The van der Waals surface area contributed by atoms with Crippen LogP contribution in [0.3, 0.4) is 0 Å². The lowest BCUT2D eigenvalue weighted by Gasteiger charge is -2.10. The molecule has 2 aromatic heterocycles. The number of anilines is 1. The summed E-state index contributed by atoms with van der Waals surface area (Å²) in [5.74, 6) is 0.760. The first-order valence-electron chi connectivity index (χ1n) is 7.78. The molecule has 0 saturated heterocycles. The van der Waals surface area contributed by atoms with E-state index in [2.05, 4.69) is 15.5 Å². The number of nitrogen functional groups attached to an aromatic ring is 1. The molecule has 1 aromatic carbocycles. The number of aromatic nitrogens is 2. The van der Waals surface area contributed by atoms with Crippen LogP contribution in [0.2, 0.25) is 0 Å². The number of carbonyl (C=O) groups excluding carboxylic acids is 1. The molecule has 0 unspecified atom stereocenters. The molecule has 3 rings (SSSR count). The second kappa shape index (κ2) is 7.56. The van der Waals surface area contributed by atoms with Gasteiger partial charge in [0, 0.05) is 24.5 Å². The van der Waals surface area contributed by atoms with E-state index in [4.69, 9.17) is 19.7 Å². The number of carbonyl (C=O) groups is 1. The Morgan fingerprint density at radius 1 is 1.23 bits per heavy atom. The SMILES string of the molecule is COc1ccc(CNC(=O)c2c(-c3cccnc3)noc2N)cc1OC. The fraction of sp³-hybridized carbons (Fsp3) is 0.167. The van der Waals surface area contributed by atoms with Gasteiger partial charge in [-0.3, -0.25) is 9.78 Å². The molecule has 0 radical (unpaired) electrons. The van der Waals surface area contributed by atoms with Crippen molar-refractivity contribution >= 4 is 11.8 Å². The van der Waals surface area contributed by atoms with Crippen LogP contribution in [0.15, 0.2) is 47.2 Å². The van der Waals surface area contributed by atoms with Gasteiger partial charge in [0.05, 0.1) is 14.2 Å². The molecule has 0 saturated carbocycles. The van der Waals surface area contributed by atoms with Gasteiger partial charge in [0.1, 0.15) is 11.3 Å². The van der Waals surface area contributed by atoms with Crippen molar-refractivity contribution in [3.63, 3.8) is 0 Å². The van der Waals surface area contributed by atoms with Crippen LogP contribution < -0.4 is 20.5 Å². The molecule has 8 heteroatoms. The molecule has 0 spiro atoms. The molecule has 0 aliphatic rings. The third-order valence-corrected chi connectivity index (χ3v) is 3.78. The monoisotopic (exact) mass is 354 g/mol. The maximum absolute atomic E-state index is 12.6. The summed E-state index contributed by atoms with van der Waals surface area (Å²) in [4.78, 5) is 16.6. The molecule has 0 atom stereocenters. The van der Waals surface area contributed by atoms with Crippen molar-refractivity contribution in [2.75, 3.05) is 20.0 Å². The second-order valence-electron chi connectivity index (χ2n) is 5.38. The van der Waals surface area contributed by atoms with Crippen LogP contribution in [0.4, 0.5) is 5.88 Å². The molecule has 0 bridgehead atoms. The van der Waals surface area contributed by atoms with E-state index in [9.17, 15) is 4.79 Å². The summed E-state index contributed by atoms with van der Waals surface area (Å²) in [6.45, 7) is 0.274. The standard InChI is InChI=1S/C18H18N4O4/c1-24-13-6-5-11(8-14(13)25-2)9-21-18(23)15-16(22-26-17(15)19)12-4-3-7-20-10-12/h3-8,10H,9,19H2,1-2H3,(H,21,23). The highest BCUT2D eigenvalue weighted by Crippen LogP contribution is 2.28. The van der Waals surface area contributed by atoms with Crippen molar-refractivity contribution in [3.8, 4) is 22.8 Å². The second-order valence-corrected chi connectivity index (χ2v) is 5.38. The van der Waals surface area contributed by atoms with Gasteiger partial charge in [-0.05, 0) is 29.8 Å². The maximum Gasteiger partial charge on any atom is 0.259 e. The normalized spacial score (nSPS) is 10.4. The molecular weight excluding hydrogens is 336 g/mol. The predicted molar refractivity (Wildman–Crippen MR) is 94.9 cm³/mol. The average Bonchev–Trinajstić information content (AvgIpc) is 3.08. The van der Waals surface area contributed by atoms with E-state index in [-0.39, 0.29) is 18.0 Å². The fourth-order valence-corrected chi connectivity index (χ4v) is 2.48. The molecule has 0 aliphatic heterocycles. The Kier molecular flexibility index (Phi) is 5.02. The minimum absolute atomic E-state index is 0.0475. The van der Waals surface area contributed by atoms with Crippen LogP contribution in [0.1, 0.15) is 15.9 Å². The zero-order valence-corrected chi connectivity index (χ0v) is 14.4. The van der Waals surface area contributed by atoms with E-state index in [1.165, 1.54) is 0 Å². The van der Waals surface area contributed by atoms with E-state index in [1.807, 2.05) is 6.07 Å². The summed E-state index contributed by atoms with van der Waals surface area (Å²) in [5, 5.41) is 6.68. The molecule has 134 valence electrons. The number of ether oxygens (including phenoxy) is 2. The van der Waals surface area contributed by atoms with E-state index in [0.29, 0.717) is 22.8 Å². The average molecular weight is 354 g/mol. The van der Waals surface area contributed by atoms with Gasteiger partial charge in [0.15, 0.2) is 11.5 Å². The topological polar surface area (TPSA) is 112 Å². The Morgan fingerprint density at radius 2 is 2.04 bits per heavy atom. The van der Waals surface area contributed by atoms with Crippen LogP contribution in [0.25, 0.3) is 11.3 Å². The number of benzene rings is 1. The lowest BCUT2D eigenvalue weighted by atomic mass is 10.1. The summed E-state index contributed by atoms with van der Waals surface area (Å²) in [6, 6.07) is 8.91. The van der Waals surface area contributed by atoms with Crippen molar-refractivity contribution in [1.29, 1.82) is 0 Å². The maximum atomic E-state index is 12.6. The number of pyridine rings is 1. The van der Waals surface area contributed by atoms with Gasteiger partial charge in [0.2, 0.25) is 5.88 Å². The Labute approximate surface area is 149 Å². The van der Waals surface area contributed by atoms with E-state index >= 15 is 0 Å². The quantitative estimate of drug-likeness (QED) is 0.698. The van der Waals surface area contributed by atoms with Crippen molar-refractivity contribution in [2.45, 2.75) is 6.54 Å². The Morgan fingerprint density at radius 3 is 2.73 bits per heavy atom. The summed E-state index contributed by atoms with van der Waals surface area (Å²) < 4.78 is 15.5. The first kappa shape index (κ1) is 17.3. The van der Waals surface area contributed by atoms with Crippen LogP contribution in [0.5, 0.6) is 11.5 Å². The van der Waals surface area contributed by atoms with E-state index in [1.54, 1.807) is 50.9 Å². The minimum Gasteiger partial charge on any atom is -0.493 e. The highest BCUT2D eigenvalue weighted by Gasteiger charge is 2.22. The van der Waals surface area contributed by atoms with Crippen molar-refractivity contribution in [2.24, 2.45) is 0 Å². The van der Waals surface area contributed by atoms with E-state index < -0.39 is 5.91 Å². The largest absolute Gasteiger partial charge is 0.493 e. The Hall–Kier alpha value is -3.55. The molecule has 3 N–H and O–H groups in total. The highest BCUT2D eigenvalue weighted by molar-refractivity contribution is 6.03. The predicted octanol–water partition coefficient (Wildman–Crippen LogP) is 2.27. The number of nitrogens with two attached hydrogens (primary N) is 1. The lowest BCUT2D eigenvalue weighted by Crippen LogP contribution is -2.23. The molecule has 2 heterocycles. The zero-order chi connectivity index (χ0) is 18.5. The summed E-state index contributed by atoms with van der Waals surface area (Å²) in [6.07, 6.45) is 3.21. The third-order valence-electron chi connectivity index (χ3n) is 3.78. The lowest BCUT2D eigenvalue weighted by molar-refractivity contribution is 0.0952. The van der Waals surface area contributed by atoms with Crippen molar-refractivity contribution < 1.29 is 18.8 Å². The number of nitrogens with one attached hydrogen (secondary N) is 1. The van der Waals surface area contributed by atoms with Crippen LogP contribution in [0, 0.1) is 0 Å². The molecule has 3 aromatic rings. The van der Waals surface area contributed by atoms with Gasteiger partial charge < -0.3 is 25.0 Å². The number of nitrogens with zero attached hydrogens (tertiary/aromatic N) is 2. The van der Waals surface area contributed by atoms with Crippen LogP contribution in [-0.4, -0.2) is 30.3 Å². The number of rotatable bonds is 6. The number of hydrogen-bond donors (Lipinski definition) is 2. The van der Waals surface area contributed by atoms with Gasteiger partial charge in [0.25, 0.3) is 5.91 Å². The molecule has 0 fully saturated rings. The number of amides is 1. The van der Waals surface area contributed by atoms with Gasteiger partial charge >= 0.3 is 0 Å². The summed E-state index contributed by atoms with van der Waals surface area (Å²) in [7, 11) is 3.12. The van der Waals surface area contributed by atoms with Gasteiger partial charge in [-0.2, -0.15) is 0 Å². The zero-order valence-electron chi connectivity index (χ0n) is 14.4. The molecule has 0 aliphatic carbocycles. The van der Waals surface area contributed by atoms with Crippen molar-refractivity contribution in [1.82, 2.24) is 15.5 Å². The van der Waals surface area contributed by atoms with Gasteiger partial charge in [-0.25, -0.2) is 0 Å². The van der Waals surface area contributed by atoms with Gasteiger partial charge in [-0.15, -0.1) is 0 Å². The minimum atomic E-state index is -0.391. The highest BCUT2D eigenvalue weighted by atomic mass is 16.5. The number of methoxy groups -OCH3 is 2. The first-order valence-corrected chi connectivity index (χ1v) is 7.78. The Balaban J connectivity index is 1.78. The van der Waals surface area contributed by atoms with Gasteiger partial charge in [-0.1, -0.05) is 11.2 Å². The molecular formula is C18H18N4O4. The molecule has 8 nitrogen and oxygen atoms in total. The molecule has 26 heavy (non-hydrogen) atoms. The summed E-state index contributed by atoms with van der Waals surface area (Å²) in [5.41, 5.74) is 7.80. The summed E-state index contributed by atoms with van der Waals surface area (Å²) >= 11 is 0. The number of hydrogen-bond acceptors (Lipinski definition) is 7. The van der Waals surface area contributed by atoms with Crippen LogP contribution in [-0.2, 0) is 6.54 Å². The fourth-order valence-electron chi connectivity index (χ4n) is 2.48. The third kappa shape index (κ3) is 3.44. The molecule has 1 amide bonds. The smallest absolute Gasteiger partial charge is 0.259 e. The van der Waals surface area contributed by atoms with Crippen LogP contribution >= 0.6 is 0 Å².